The van der Waals surface area contributed by atoms with Crippen molar-refractivity contribution in [3.8, 4) is 0 Å². The van der Waals surface area contributed by atoms with E-state index < -0.39 is 27.6 Å². The molecule has 0 saturated carbocycles. The van der Waals surface area contributed by atoms with E-state index in [-0.39, 0.29) is 55.5 Å². The molecule has 1 saturated heterocycles. The molecule has 11 heteroatoms. The lowest BCUT2D eigenvalue weighted by Gasteiger charge is -2.35. The molecule has 2 heterocycles. The Balaban J connectivity index is 1.47. The number of amides is 2. The van der Waals surface area contributed by atoms with Crippen molar-refractivity contribution in [2.75, 3.05) is 32.7 Å². The van der Waals surface area contributed by atoms with Gasteiger partial charge >= 0.3 is 0 Å². The molecular weight excluding hydrogens is 418 g/mol. The number of halogens is 2. The van der Waals surface area contributed by atoms with E-state index in [1.165, 1.54) is 40.4 Å². The molecule has 0 spiro atoms. The average molecular weight is 438 g/mol. The number of hydrogen-bond acceptors (Lipinski definition) is 5. The second-order valence-electron chi connectivity index (χ2n) is 6.64. The molecule has 1 aliphatic rings. The highest BCUT2D eigenvalue weighted by atomic mass is 32.2. The van der Waals surface area contributed by atoms with Gasteiger partial charge in [0, 0.05) is 57.1 Å². The molecule has 1 N–H and O–H groups in total. The van der Waals surface area contributed by atoms with E-state index in [1.807, 2.05) is 0 Å². The zero-order valence-corrected chi connectivity index (χ0v) is 16.7. The second-order valence-corrected chi connectivity index (χ2v) is 8.41. The minimum absolute atomic E-state index is 0.0156. The summed E-state index contributed by atoms with van der Waals surface area (Å²) < 4.78 is 53.0. The van der Waals surface area contributed by atoms with Crippen molar-refractivity contribution in [3.63, 3.8) is 0 Å². The topological polar surface area (TPSA) is 99.7 Å². The standard InChI is InChI=1S/C19H20F2N4O4S/c20-16-4-3-14(12-17(16)21)19(27)25-10-8-24(9-11-25)18(26)5-7-23-30(28,29)15-2-1-6-22-13-15/h1-4,6,12-13,23H,5,7-11H2. The number of hydrogen-bond donors (Lipinski definition) is 1. The summed E-state index contributed by atoms with van der Waals surface area (Å²) in [5.74, 6) is -2.81. The van der Waals surface area contributed by atoms with Crippen LogP contribution >= 0.6 is 0 Å². The summed E-state index contributed by atoms with van der Waals surface area (Å²) in [5, 5.41) is 0. The van der Waals surface area contributed by atoms with Gasteiger partial charge in [-0.25, -0.2) is 21.9 Å². The molecule has 3 rings (SSSR count). The third-order valence-corrected chi connectivity index (χ3v) is 6.11. The first-order valence-electron chi connectivity index (χ1n) is 9.20. The van der Waals surface area contributed by atoms with E-state index in [1.54, 1.807) is 0 Å². The lowest BCUT2D eigenvalue weighted by Crippen LogP contribution is -2.51. The number of pyridine rings is 1. The number of rotatable bonds is 6. The molecule has 2 amide bonds. The third-order valence-electron chi connectivity index (χ3n) is 4.66. The number of sulfonamides is 1. The molecule has 0 aliphatic carbocycles. The Labute approximate surface area is 172 Å². The molecule has 1 aromatic carbocycles. The number of nitrogens with one attached hydrogen (secondary N) is 1. The van der Waals surface area contributed by atoms with E-state index in [9.17, 15) is 26.8 Å². The van der Waals surface area contributed by atoms with Crippen LogP contribution in [0.5, 0.6) is 0 Å². The molecule has 0 bridgehead atoms. The van der Waals surface area contributed by atoms with Crippen LogP contribution in [0.3, 0.4) is 0 Å². The fourth-order valence-electron chi connectivity index (χ4n) is 3.01. The molecule has 0 unspecified atom stereocenters. The van der Waals surface area contributed by atoms with Crippen LogP contribution in [0.1, 0.15) is 16.8 Å². The van der Waals surface area contributed by atoms with Gasteiger partial charge in [-0.2, -0.15) is 0 Å². The van der Waals surface area contributed by atoms with E-state index in [2.05, 4.69) is 9.71 Å². The molecular formula is C19H20F2N4O4S. The summed E-state index contributed by atoms with van der Waals surface area (Å²) >= 11 is 0. The van der Waals surface area contributed by atoms with Crippen LogP contribution in [0.15, 0.2) is 47.6 Å². The van der Waals surface area contributed by atoms with E-state index >= 15 is 0 Å². The van der Waals surface area contributed by atoms with E-state index in [4.69, 9.17) is 0 Å². The van der Waals surface area contributed by atoms with Gasteiger partial charge in [0.2, 0.25) is 15.9 Å². The van der Waals surface area contributed by atoms with Crippen molar-refractivity contribution in [2.45, 2.75) is 11.3 Å². The largest absolute Gasteiger partial charge is 0.339 e. The minimum atomic E-state index is -3.74. The van der Waals surface area contributed by atoms with Crippen molar-refractivity contribution in [1.82, 2.24) is 19.5 Å². The molecule has 1 fully saturated rings. The number of aromatic nitrogens is 1. The number of carbonyl (C=O) groups excluding carboxylic acids is 2. The first-order valence-corrected chi connectivity index (χ1v) is 10.7. The molecule has 160 valence electrons. The molecule has 8 nitrogen and oxygen atoms in total. The SMILES string of the molecule is O=C(CCNS(=O)(=O)c1cccnc1)N1CCN(C(=O)c2ccc(F)c(F)c2)CC1. The maximum Gasteiger partial charge on any atom is 0.254 e. The predicted molar refractivity (Wildman–Crippen MR) is 103 cm³/mol. The molecule has 30 heavy (non-hydrogen) atoms. The van der Waals surface area contributed by atoms with E-state index in [0.29, 0.717) is 0 Å². The van der Waals surface area contributed by atoms with Gasteiger partial charge in [-0.15, -0.1) is 0 Å². The van der Waals surface area contributed by atoms with Gasteiger partial charge in [-0.1, -0.05) is 0 Å². The summed E-state index contributed by atoms with van der Waals surface area (Å²) in [6.07, 6.45) is 2.64. The number of carbonyl (C=O) groups is 2. The summed E-state index contributed by atoms with van der Waals surface area (Å²) in [7, 11) is -3.74. The minimum Gasteiger partial charge on any atom is -0.339 e. The van der Waals surface area contributed by atoms with Gasteiger partial charge < -0.3 is 9.80 Å². The molecule has 2 aromatic rings. The van der Waals surface area contributed by atoms with Gasteiger partial charge in [-0.3, -0.25) is 14.6 Å². The van der Waals surface area contributed by atoms with Crippen molar-refractivity contribution in [2.24, 2.45) is 0 Å². The first-order chi connectivity index (χ1) is 14.3. The maximum atomic E-state index is 13.3. The average Bonchev–Trinajstić information content (AvgIpc) is 2.75. The third kappa shape index (κ3) is 5.16. The maximum absolute atomic E-state index is 13.3. The summed E-state index contributed by atoms with van der Waals surface area (Å²) in [5.41, 5.74) is 0.0403. The van der Waals surface area contributed by atoms with E-state index in [0.717, 1.165) is 12.1 Å². The molecule has 0 radical (unpaired) electrons. The number of piperazine rings is 1. The fraction of sp³-hybridized carbons (Fsp3) is 0.316. The van der Waals surface area contributed by atoms with Gasteiger partial charge in [0.1, 0.15) is 4.90 Å². The highest BCUT2D eigenvalue weighted by Crippen LogP contribution is 2.13. The first kappa shape index (κ1) is 21.8. The lowest BCUT2D eigenvalue weighted by atomic mass is 10.1. The Kier molecular flexibility index (Phi) is 6.73. The Morgan fingerprint density at radius 2 is 1.73 bits per heavy atom. The van der Waals surface area contributed by atoms with Crippen molar-refractivity contribution in [3.05, 3.63) is 59.9 Å². The lowest BCUT2D eigenvalue weighted by molar-refractivity contribution is -0.132. The summed E-state index contributed by atoms with van der Waals surface area (Å²) in [6, 6.07) is 5.87. The zero-order valence-electron chi connectivity index (χ0n) is 15.9. The van der Waals surface area contributed by atoms with Crippen molar-refractivity contribution < 1.29 is 26.8 Å². The number of benzene rings is 1. The summed E-state index contributed by atoms with van der Waals surface area (Å²) in [6.45, 7) is 0.952. The van der Waals surface area contributed by atoms with Crippen LogP contribution < -0.4 is 4.72 Å². The smallest absolute Gasteiger partial charge is 0.254 e. The Morgan fingerprint density at radius 3 is 2.37 bits per heavy atom. The highest BCUT2D eigenvalue weighted by molar-refractivity contribution is 7.89. The van der Waals surface area contributed by atoms with Crippen LogP contribution in [0.2, 0.25) is 0 Å². The Bertz CT molecular complexity index is 1030. The molecule has 1 aliphatic heterocycles. The normalized spacial score (nSPS) is 14.6. The molecule has 0 atom stereocenters. The van der Waals surface area contributed by atoms with Crippen molar-refractivity contribution >= 4 is 21.8 Å². The second kappa shape index (κ2) is 9.26. The molecule has 1 aromatic heterocycles. The number of nitrogens with zero attached hydrogens (tertiary/aromatic N) is 3. The van der Waals surface area contributed by atoms with Crippen molar-refractivity contribution in [1.29, 1.82) is 0 Å². The quantitative estimate of drug-likeness (QED) is 0.726. The van der Waals surface area contributed by atoms with Crippen LogP contribution in [0.25, 0.3) is 0 Å². The summed E-state index contributed by atoms with van der Waals surface area (Å²) in [4.78, 5) is 31.5. The monoisotopic (exact) mass is 438 g/mol. The van der Waals surface area contributed by atoms with Gasteiger partial charge in [0.15, 0.2) is 11.6 Å². The van der Waals surface area contributed by atoms with Gasteiger partial charge in [0.25, 0.3) is 5.91 Å². The Morgan fingerprint density at radius 1 is 1.03 bits per heavy atom. The van der Waals surface area contributed by atoms with Crippen LogP contribution in [0, 0.1) is 11.6 Å². The van der Waals surface area contributed by atoms with Gasteiger partial charge in [0.05, 0.1) is 0 Å². The fourth-order valence-corrected chi connectivity index (χ4v) is 4.01. The van der Waals surface area contributed by atoms with Crippen LogP contribution in [0.4, 0.5) is 8.78 Å². The van der Waals surface area contributed by atoms with Crippen LogP contribution in [-0.4, -0.2) is 67.7 Å². The predicted octanol–water partition coefficient (Wildman–Crippen LogP) is 1.01. The Hall–Kier alpha value is -2.92. The van der Waals surface area contributed by atoms with Gasteiger partial charge in [-0.05, 0) is 30.3 Å². The zero-order chi connectivity index (χ0) is 21.7. The van der Waals surface area contributed by atoms with Crippen LogP contribution in [-0.2, 0) is 14.8 Å². The highest BCUT2D eigenvalue weighted by Gasteiger charge is 2.25.